The Labute approximate surface area is 205 Å². The maximum absolute atomic E-state index is 12.4. The molecule has 1 atom stereocenters. The zero-order valence-corrected chi connectivity index (χ0v) is 19.1. The molecule has 0 fully saturated rings. The largest absolute Gasteiger partial charge is 0.573 e. The number of ether oxygens (including phenoxy) is 2. The van der Waals surface area contributed by atoms with Crippen molar-refractivity contribution in [3.63, 3.8) is 0 Å². The van der Waals surface area contributed by atoms with Crippen molar-refractivity contribution in [2.45, 2.75) is 25.8 Å². The Morgan fingerprint density at radius 3 is 2.31 bits per heavy atom. The summed E-state index contributed by atoms with van der Waals surface area (Å²) >= 11 is 0. The van der Waals surface area contributed by atoms with Gasteiger partial charge in [-0.1, -0.05) is 42.3 Å². The van der Waals surface area contributed by atoms with Gasteiger partial charge in [0.25, 0.3) is 0 Å². The SMILES string of the molecule is C#Cc1ccc(C(C)OC(=O)Cc2ccc(-c3ncn(-c4ccc(OC(F)(F)F)cc4)n3)cc2)cc1. The van der Waals surface area contributed by atoms with E-state index >= 15 is 0 Å². The second-order valence-electron chi connectivity index (χ2n) is 7.83. The van der Waals surface area contributed by atoms with E-state index in [0.717, 1.165) is 16.7 Å². The number of terminal acetylenes is 1. The lowest BCUT2D eigenvalue weighted by Crippen LogP contribution is -2.17. The number of halogens is 3. The molecule has 1 heterocycles. The van der Waals surface area contributed by atoms with E-state index in [0.29, 0.717) is 17.1 Å². The van der Waals surface area contributed by atoms with Crippen LogP contribution in [0.5, 0.6) is 5.75 Å². The number of esters is 1. The van der Waals surface area contributed by atoms with Gasteiger partial charge in [0.1, 0.15) is 18.2 Å². The Morgan fingerprint density at radius 2 is 1.69 bits per heavy atom. The van der Waals surface area contributed by atoms with Crippen LogP contribution < -0.4 is 4.74 Å². The number of rotatable bonds is 7. The Kier molecular flexibility index (Phi) is 7.06. The molecular weight excluding hydrogens is 471 g/mol. The minimum absolute atomic E-state index is 0.0985. The Morgan fingerprint density at radius 1 is 1.03 bits per heavy atom. The maximum atomic E-state index is 12.4. The van der Waals surface area contributed by atoms with Gasteiger partial charge in [-0.3, -0.25) is 4.79 Å². The summed E-state index contributed by atoms with van der Waals surface area (Å²) in [6.07, 6.45) is 1.75. The van der Waals surface area contributed by atoms with Crippen molar-refractivity contribution in [1.82, 2.24) is 14.8 Å². The standard InChI is InChI=1S/C27H20F3N3O3/c1-3-19-4-8-21(9-5-19)18(2)35-25(34)16-20-6-10-22(11-7-20)26-31-17-33(32-26)23-12-14-24(15-13-23)36-27(28,29)30/h1,4-15,17-18H,16H2,2H3. The third-order valence-corrected chi connectivity index (χ3v) is 5.24. The van der Waals surface area contributed by atoms with Crippen LogP contribution in [-0.4, -0.2) is 27.1 Å². The third-order valence-electron chi connectivity index (χ3n) is 5.24. The van der Waals surface area contributed by atoms with Gasteiger partial charge in [-0.25, -0.2) is 9.67 Å². The smallest absolute Gasteiger partial charge is 0.458 e. The highest BCUT2D eigenvalue weighted by molar-refractivity contribution is 5.73. The van der Waals surface area contributed by atoms with Gasteiger partial charge >= 0.3 is 12.3 Å². The van der Waals surface area contributed by atoms with Crippen molar-refractivity contribution in [2.75, 3.05) is 0 Å². The van der Waals surface area contributed by atoms with Crippen molar-refractivity contribution in [1.29, 1.82) is 0 Å². The maximum Gasteiger partial charge on any atom is 0.573 e. The molecule has 0 aliphatic heterocycles. The van der Waals surface area contributed by atoms with Crippen molar-refractivity contribution in [2.24, 2.45) is 0 Å². The average molecular weight is 491 g/mol. The van der Waals surface area contributed by atoms with Crippen LogP contribution in [0.4, 0.5) is 13.2 Å². The summed E-state index contributed by atoms with van der Waals surface area (Å²) in [5.41, 5.74) is 3.60. The van der Waals surface area contributed by atoms with Crippen LogP contribution in [0.1, 0.15) is 29.7 Å². The molecule has 0 saturated heterocycles. The number of carbonyl (C=O) groups excluding carboxylic acids is 1. The summed E-state index contributed by atoms with van der Waals surface area (Å²) in [4.78, 5) is 16.6. The van der Waals surface area contributed by atoms with E-state index in [2.05, 4.69) is 20.7 Å². The molecule has 1 aromatic heterocycles. The molecule has 0 amide bonds. The molecule has 0 bridgehead atoms. The minimum Gasteiger partial charge on any atom is -0.458 e. The molecule has 6 nitrogen and oxygen atoms in total. The normalized spacial score (nSPS) is 12.0. The first-order valence-corrected chi connectivity index (χ1v) is 10.8. The molecular formula is C27H20F3N3O3. The summed E-state index contributed by atoms with van der Waals surface area (Å²) in [5, 5.41) is 4.37. The molecule has 182 valence electrons. The first-order valence-electron chi connectivity index (χ1n) is 10.8. The fourth-order valence-electron chi connectivity index (χ4n) is 3.42. The lowest BCUT2D eigenvalue weighted by Gasteiger charge is -2.14. The van der Waals surface area contributed by atoms with Crippen LogP contribution in [-0.2, 0) is 16.0 Å². The van der Waals surface area contributed by atoms with Crippen LogP contribution in [0.25, 0.3) is 17.1 Å². The van der Waals surface area contributed by atoms with Gasteiger partial charge in [0.2, 0.25) is 0 Å². The fourth-order valence-corrected chi connectivity index (χ4v) is 3.42. The zero-order chi connectivity index (χ0) is 25.7. The molecule has 0 aliphatic rings. The van der Waals surface area contributed by atoms with Crippen LogP contribution in [0.15, 0.2) is 79.1 Å². The quantitative estimate of drug-likeness (QED) is 0.247. The number of carbonyl (C=O) groups is 1. The van der Waals surface area contributed by atoms with Crippen LogP contribution in [0.3, 0.4) is 0 Å². The molecule has 36 heavy (non-hydrogen) atoms. The van der Waals surface area contributed by atoms with E-state index in [1.807, 2.05) is 12.1 Å². The first-order chi connectivity index (χ1) is 17.2. The van der Waals surface area contributed by atoms with E-state index in [-0.39, 0.29) is 18.1 Å². The zero-order valence-electron chi connectivity index (χ0n) is 19.1. The monoisotopic (exact) mass is 491 g/mol. The van der Waals surface area contributed by atoms with Gasteiger partial charge in [-0.15, -0.1) is 24.7 Å². The molecule has 0 saturated carbocycles. The predicted molar refractivity (Wildman–Crippen MR) is 126 cm³/mol. The van der Waals surface area contributed by atoms with E-state index in [1.165, 1.54) is 35.3 Å². The van der Waals surface area contributed by atoms with Gasteiger partial charge in [-0.05, 0) is 54.4 Å². The van der Waals surface area contributed by atoms with Gasteiger partial charge in [0, 0.05) is 11.1 Å². The summed E-state index contributed by atoms with van der Waals surface area (Å²) in [7, 11) is 0. The molecule has 4 aromatic rings. The summed E-state index contributed by atoms with van der Waals surface area (Å²) < 4.78 is 47.8. The Balaban J connectivity index is 1.36. The molecule has 0 N–H and O–H groups in total. The molecule has 0 aliphatic carbocycles. The fraction of sp³-hybridized carbons (Fsp3) is 0.148. The number of alkyl halides is 3. The van der Waals surface area contributed by atoms with E-state index in [4.69, 9.17) is 11.2 Å². The topological polar surface area (TPSA) is 66.2 Å². The second kappa shape index (κ2) is 10.4. The van der Waals surface area contributed by atoms with E-state index in [1.54, 1.807) is 43.3 Å². The molecule has 0 spiro atoms. The molecule has 1 unspecified atom stereocenters. The van der Waals surface area contributed by atoms with Gasteiger partial charge in [-0.2, -0.15) is 0 Å². The van der Waals surface area contributed by atoms with Crippen molar-refractivity contribution in [3.05, 3.63) is 95.8 Å². The summed E-state index contributed by atoms with van der Waals surface area (Å²) in [6, 6.07) is 19.7. The van der Waals surface area contributed by atoms with Gasteiger partial charge in [0.05, 0.1) is 12.1 Å². The van der Waals surface area contributed by atoms with Gasteiger partial charge < -0.3 is 9.47 Å². The number of hydrogen-bond acceptors (Lipinski definition) is 5. The van der Waals surface area contributed by atoms with Crippen LogP contribution in [0, 0.1) is 12.3 Å². The number of hydrogen-bond donors (Lipinski definition) is 0. The number of benzene rings is 3. The molecule has 4 rings (SSSR count). The highest BCUT2D eigenvalue weighted by Crippen LogP contribution is 2.24. The summed E-state index contributed by atoms with van der Waals surface area (Å²) in [6.45, 7) is 1.80. The average Bonchev–Trinajstić information content (AvgIpc) is 3.34. The Bertz CT molecular complexity index is 1370. The number of nitrogens with zero attached hydrogens (tertiary/aromatic N) is 3. The van der Waals surface area contributed by atoms with Gasteiger partial charge in [0.15, 0.2) is 5.82 Å². The molecule has 0 radical (unpaired) electrons. The number of aromatic nitrogens is 3. The minimum atomic E-state index is -4.75. The predicted octanol–water partition coefficient (Wildman–Crippen LogP) is 5.66. The lowest BCUT2D eigenvalue weighted by molar-refractivity contribution is -0.274. The Hall–Kier alpha value is -4.58. The second-order valence-corrected chi connectivity index (χ2v) is 7.83. The lowest BCUT2D eigenvalue weighted by atomic mass is 10.1. The van der Waals surface area contributed by atoms with E-state index < -0.39 is 12.5 Å². The molecule has 3 aromatic carbocycles. The highest BCUT2D eigenvalue weighted by atomic mass is 19.4. The van der Waals surface area contributed by atoms with Crippen molar-refractivity contribution < 1.29 is 27.4 Å². The van der Waals surface area contributed by atoms with Crippen LogP contribution in [0.2, 0.25) is 0 Å². The third kappa shape index (κ3) is 6.30. The van der Waals surface area contributed by atoms with Crippen molar-refractivity contribution in [3.8, 4) is 35.2 Å². The highest BCUT2D eigenvalue weighted by Gasteiger charge is 2.31. The van der Waals surface area contributed by atoms with Crippen molar-refractivity contribution >= 4 is 5.97 Å². The first kappa shape index (κ1) is 24.5. The van der Waals surface area contributed by atoms with Crippen LogP contribution >= 0.6 is 0 Å². The van der Waals surface area contributed by atoms with E-state index in [9.17, 15) is 18.0 Å². The summed E-state index contributed by atoms with van der Waals surface area (Å²) in [5.74, 6) is 2.28. The molecule has 9 heteroatoms.